The second-order valence-electron chi connectivity index (χ2n) is 4.62. The Kier molecular flexibility index (Phi) is 4.07. The molecule has 5 nitrogen and oxygen atoms in total. The van der Waals surface area contributed by atoms with Crippen LogP contribution >= 0.6 is 22.9 Å². The molecule has 0 aliphatic rings. The van der Waals surface area contributed by atoms with Gasteiger partial charge in [0.2, 0.25) is 5.88 Å². The number of ether oxygens (including phenoxy) is 1. The topological polar surface area (TPSA) is 52.8 Å². The van der Waals surface area contributed by atoms with Gasteiger partial charge >= 0.3 is 0 Å². The maximum atomic E-state index is 5.90. The van der Waals surface area contributed by atoms with E-state index in [2.05, 4.69) is 38.6 Å². The van der Waals surface area contributed by atoms with Crippen LogP contribution in [0, 0.1) is 6.92 Å². The Morgan fingerprint density at radius 1 is 1.33 bits per heavy atom. The van der Waals surface area contributed by atoms with Crippen LogP contribution in [0.1, 0.15) is 15.6 Å². The molecule has 21 heavy (non-hydrogen) atoms. The first-order valence-corrected chi connectivity index (χ1v) is 7.93. The minimum absolute atomic E-state index is 0.497. The SMILES string of the molecule is COc1ncnc2c1nc(CCCl)n2Cc1ccc(C)s1. The fourth-order valence-electron chi connectivity index (χ4n) is 2.28. The minimum atomic E-state index is 0.497. The molecule has 3 aromatic rings. The number of thiophene rings is 1. The molecule has 0 unspecified atom stereocenters. The van der Waals surface area contributed by atoms with Gasteiger partial charge in [0.15, 0.2) is 11.2 Å². The maximum absolute atomic E-state index is 5.90. The number of halogens is 1. The molecule has 0 saturated carbocycles. The van der Waals surface area contributed by atoms with Crippen LogP contribution in [0.4, 0.5) is 0 Å². The Morgan fingerprint density at radius 2 is 2.19 bits per heavy atom. The summed E-state index contributed by atoms with van der Waals surface area (Å²) in [7, 11) is 1.59. The van der Waals surface area contributed by atoms with Crippen molar-refractivity contribution >= 4 is 34.1 Å². The van der Waals surface area contributed by atoms with E-state index < -0.39 is 0 Å². The zero-order valence-electron chi connectivity index (χ0n) is 11.8. The third kappa shape index (κ3) is 2.73. The van der Waals surface area contributed by atoms with E-state index in [4.69, 9.17) is 16.3 Å². The van der Waals surface area contributed by atoms with E-state index >= 15 is 0 Å². The summed E-state index contributed by atoms with van der Waals surface area (Å²) >= 11 is 7.67. The van der Waals surface area contributed by atoms with Crippen molar-refractivity contribution in [3.8, 4) is 5.88 Å². The molecule has 0 saturated heterocycles. The highest BCUT2D eigenvalue weighted by Gasteiger charge is 2.16. The summed E-state index contributed by atoms with van der Waals surface area (Å²) in [5, 5.41) is 0. The van der Waals surface area contributed by atoms with E-state index in [0.29, 0.717) is 23.7 Å². The molecule has 0 N–H and O–H groups in total. The van der Waals surface area contributed by atoms with Gasteiger partial charge in [0.1, 0.15) is 12.2 Å². The molecule has 0 fully saturated rings. The number of alkyl halides is 1. The highest BCUT2D eigenvalue weighted by Crippen LogP contribution is 2.25. The van der Waals surface area contributed by atoms with E-state index in [1.54, 1.807) is 18.4 Å². The number of rotatable bonds is 5. The summed E-state index contributed by atoms with van der Waals surface area (Å²) in [4.78, 5) is 15.6. The van der Waals surface area contributed by atoms with Crippen LogP contribution < -0.4 is 4.74 Å². The van der Waals surface area contributed by atoms with Crippen molar-refractivity contribution in [3.05, 3.63) is 34.0 Å². The van der Waals surface area contributed by atoms with Crippen molar-refractivity contribution in [1.29, 1.82) is 0 Å². The Hall–Kier alpha value is -1.66. The normalized spacial score (nSPS) is 11.2. The van der Waals surface area contributed by atoms with Crippen LogP contribution in [0.3, 0.4) is 0 Å². The zero-order chi connectivity index (χ0) is 14.8. The van der Waals surface area contributed by atoms with Crippen molar-refractivity contribution in [1.82, 2.24) is 19.5 Å². The van der Waals surface area contributed by atoms with Gasteiger partial charge in [0.25, 0.3) is 0 Å². The second-order valence-corrected chi connectivity index (χ2v) is 6.37. The van der Waals surface area contributed by atoms with Crippen LogP contribution in [0.5, 0.6) is 5.88 Å². The Bertz CT molecular complexity index is 768. The van der Waals surface area contributed by atoms with Crippen LogP contribution in [0.15, 0.2) is 18.5 Å². The van der Waals surface area contributed by atoms with Crippen LogP contribution in [-0.2, 0) is 13.0 Å². The molecule has 3 heterocycles. The first kappa shape index (κ1) is 14.3. The standard InChI is InChI=1S/C14H15ClN4OS/c1-9-3-4-10(21-9)7-19-11(5-6-15)18-12-13(19)16-8-17-14(12)20-2/h3-4,8H,5-7H2,1-2H3. The minimum Gasteiger partial charge on any atom is -0.479 e. The monoisotopic (exact) mass is 322 g/mol. The molecular formula is C14H15ClN4OS. The summed E-state index contributed by atoms with van der Waals surface area (Å²) in [5.74, 6) is 1.92. The van der Waals surface area contributed by atoms with Crippen LogP contribution in [-0.4, -0.2) is 32.5 Å². The molecule has 0 bridgehead atoms. The van der Waals surface area contributed by atoms with Gasteiger partial charge in [-0.1, -0.05) is 0 Å². The molecule has 0 aliphatic carbocycles. The van der Waals surface area contributed by atoms with E-state index in [1.165, 1.54) is 16.1 Å². The van der Waals surface area contributed by atoms with Gasteiger partial charge in [-0.05, 0) is 19.1 Å². The summed E-state index contributed by atoms with van der Waals surface area (Å²) in [5.41, 5.74) is 1.47. The Labute approximate surface area is 131 Å². The van der Waals surface area contributed by atoms with E-state index in [-0.39, 0.29) is 0 Å². The molecule has 0 spiro atoms. The van der Waals surface area contributed by atoms with Gasteiger partial charge in [-0.15, -0.1) is 22.9 Å². The first-order chi connectivity index (χ1) is 10.2. The number of hydrogen-bond acceptors (Lipinski definition) is 5. The molecule has 7 heteroatoms. The number of fused-ring (bicyclic) bond motifs is 1. The lowest BCUT2D eigenvalue weighted by Gasteiger charge is -2.06. The fraction of sp³-hybridized carbons (Fsp3) is 0.357. The van der Waals surface area contributed by atoms with Crippen LogP contribution in [0.2, 0.25) is 0 Å². The summed E-state index contributed by atoms with van der Waals surface area (Å²) in [6, 6.07) is 4.25. The number of hydrogen-bond donors (Lipinski definition) is 0. The van der Waals surface area contributed by atoms with Gasteiger partial charge in [-0.2, -0.15) is 4.98 Å². The highest BCUT2D eigenvalue weighted by atomic mass is 35.5. The summed E-state index contributed by atoms with van der Waals surface area (Å²) in [6.07, 6.45) is 2.19. The van der Waals surface area contributed by atoms with Crippen molar-refractivity contribution in [2.75, 3.05) is 13.0 Å². The molecule has 3 rings (SSSR count). The lowest BCUT2D eigenvalue weighted by molar-refractivity contribution is 0.401. The van der Waals surface area contributed by atoms with E-state index in [1.807, 2.05) is 0 Å². The third-order valence-electron chi connectivity index (χ3n) is 3.20. The Morgan fingerprint density at radius 3 is 2.86 bits per heavy atom. The van der Waals surface area contributed by atoms with Crippen molar-refractivity contribution < 1.29 is 4.74 Å². The first-order valence-electron chi connectivity index (χ1n) is 6.58. The molecule has 0 aromatic carbocycles. The zero-order valence-corrected chi connectivity index (χ0v) is 13.4. The number of aromatic nitrogens is 4. The van der Waals surface area contributed by atoms with Gasteiger partial charge in [-0.25, -0.2) is 9.97 Å². The lowest BCUT2D eigenvalue weighted by Crippen LogP contribution is -2.05. The van der Waals surface area contributed by atoms with Gasteiger partial charge < -0.3 is 9.30 Å². The van der Waals surface area contributed by atoms with Crippen LogP contribution in [0.25, 0.3) is 11.2 Å². The molecule has 0 radical (unpaired) electrons. The van der Waals surface area contributed by atoms with Crippen molar-refractivity contribution in [2.24, 2.45) is 0 Å². The molecular weight excluding hydrogens is 308 g/mol. The predicted molar refractivity (Wildman–Crippen MR) is 84.5 cm³/mol. The second kappa shape index (κ2) is 5.99. The van der Waals surface area contributed by atoms with E-state index in [9.17, 15) is 0 Å². The quantitative estimate of drug-likeness (QED) is 0.677. The van der Waals surface area contributed by atoms with Gasteiger partial charge in [0, 0.05) is 22.1 Å². The number of imidazole rings is 1. The largest absolute Gasteiger partial charge is 0.479 e. The molecule has 0 aliphatic heterocycles. The fourth-order valence-corrected chi connectivity index (χ4v) is 3.33. The smallest absolute Gasteiger partial charge is 0.245 e. The number of nitrogens with zero attached hydrogens (tertiary/aromatic N) is 4. The van der Waals surface area contributed by atoms with Crippen molar-refractivity contribution in [2.45, 2.75) is 19.9 Å². The Balaban J connectivity index is 2.11. The molecule has 110 valence electrons. The van der Waals surface area contributed by atoms with E-state index in [0.717, 1.165) is 18.0 Å². The summed E-state index contributed by atoms with van der Waals surface area (Å²) < 4.78 is 7.36. The number of methoxy groups -OCH3 is 1. The average Bonchev–Trinajstić information content (AvgIpc) is 3.04. The highest BCUT2D eigenvalue weighted by molar-refractivity contribution is 7.11. The summed E-state index contributed by atoms with van der Waals surface area (Å²) in [6.45, 7) is 2.84. The van der Waals surface area contributed by atoms with Crippen molar-refractivity contribution in [3.63, 3.8) is 0 Å². The maximum Gasteiger partial charge on any atom is 0.245 e. The lowest BCUT2D eigenvalue weighted by atomic mass is 10.4. The predicted octanol–water partition coefficient (Wildman–Crippen LogP) is 3.03. The average molecular weight is 323 g/mol. The number of aryl methyl sites for hydroxylation is 2. The third-order valence-corrected chi connectivity index (χ3v) is 4.37. The molecule has 0 atom stereocenters. The van der Waals surface area contributed by atoms with Gasteiger partial charge in [0.05, 0.1) is 13.7 Å². The van der Waals surface area contributed by atoms with Gasteiger partial charge in [-0.3, -0.25) is 0 Å². The molecule has 0 amide bonds. The molecule has 3 aromatic heterocycles.